The lowest BCUT2D eigenvalue weighted by molar-refractivity contribution is 0.212. The van der Waals surface area contributed by atoms with E-state index < -0.39 is 0 Å². The zero-order valence-corrected chi connectivity index (χ0v) is 11.1. The molecule has 1 aromatic rings. The topological polar surface area (TPSA) is 42.7 Å². The molecule has 0 bridgehead atoms. The van der Waals surface area contributed by atoms with Gasteiger partial charge in [-0.2, -0.15) is 5.10 Å². The van der Waals surface area contributed by atoms with E-state index in [9.17, 15) is 0 Å². The van der Waals surface area contributed by atoms with Gasteiger partial charge in [-0.1, -0.05) is 13.8 Å². The summed E-state index contributed by atoms with van der Waals surface area (Å²) in [6, 6.07) is 1.14. The van der Waals surface area contributed by atoms with E-state index in [1.54, 1.807) is 12.7 Å². The highest BCUT2D eigenvalue weighted by Gasteiger charge is 2.25. The van der Waals surface area contributed by atoms with Gasteiger partial charge >= 0.3 is 0 Å². The average molecular weight is 236 g/mol. The molecule has 1 aromatic heterocycles. The third-order valence-electron chi connectivity index (χ3n) is 4.05. The quantitative estimate of drug-likeness (QED) is 0.870. The van der Waals surface area contributed by atoms with E-state index in [0.717, 1.165) is 18.4 Å². The van der Waals surface area contributed by atoms with Gasteiger partial charge in [0.05, 0.1) is 6.54 Å². The van der Waals surface area contributed by atoms with Crippen molar-refractivity contribution in [2.24, 2.45) is 11.8 Å². The van der Waals surface area contributed by atoms with Gasteiger partial charge in [0.1, 0.15) is 12.7 Å². The Morgan fingerprint density at radius 3 is 2.82 bits per heavy atom. The number of aromatic nitrogens is 3. The number of nitrogens with zero attached hydrogens (tertiary/aromatic N) is 3. The van der Waals surface area contributed by atoms with Gasteiger partial charge in [0.25, 0.3) is 0 Å². The van der Waals surface area contributed by atoms with Crippen LogP contribution in [-0.4, -0.2) is 26.8 Å². The van der Waals surface area contributed by atoms with E-state index in [1.165, 1.54) is 19.3 Å². The van der Waals surface area contributed by atoms with Crippen LogP contribution in [0.3, 0.4) is 0 Å². The van der Waals surface area contributed by atoms with Gasteiger partial charge in [-0.25, -0.2) is 4.98 Å². The molecule has 0 saturated heterocycles. The van der Waals surface area contributed by atoms with Crippen LogP contribution in [0.25, 0.3) is 0 Å². The molecule has 1 aliphatic rings. The zero-order chi connectivity index (χ0) is 12.3. The first-order valence-corrected chi connectivity index (χ1v) is 6.73. The van der Waals surface area contributed by atoms with Crippen LogP contribution in [0.4, 0.5) is 0 Å². The first-order chi connectivity index (χ1) is 8.15. The first-order valence-electron chi connectivity index (χ1n) is 6.73. The lowest BCUT2D eigenvalue weighted by Crippen LogP contribution is -2.42. The Hall–Kier alpha value is -0.900. The van der Waals surface area contributed by atoms with Crippen molar-refractivity contribution in [2.75, 3.05) is 0 Å². The molecular weight excluding hydrogens is 212 g/mol. The molecule has 0 spiro atoms. The van der Waals surface area contributed by atoms with Crippen LogP contribution in [0.1, 0.15) is 40.0 Å². The molecule has 1 heterocycles. The number of nitrogens with one attached hydrogen (secondary N) is 1. The fourth-order valence-corrected chi connectivity index (χ4v) is 2.76. The van der Waals surface area contributed by atoms with Gasteiger partial charge in [0.2, 0.25) is 0 Å². The predicted octanol–water partition coefficient (Wildman–Crippen LogP) is 2.08. The number of hydrogen-bond acceptors (Lipinski definition) is 3. The average Bonchev–Trinajstić information content (AvgIpc) is 2.76. The second kappa shape index (κ2) is 5.63. The van der Waals surface area contributed by atoms with Crippen LogP contribution in [-0.2, 0) is 6.54 Å². The minimum atomic E-state index is 0.460. The summed E-state index contributed by atoms with van der Waals surface area (Å²) in [5.74, 6) is 1.73. The number of rotatable bonds is 4. The maximum absolute atomic E-state index is 4.14. The Bertz CT molecular complexity index is 322. The molecule has 2 rings (SSSR count). The van der Waals surface area contributed by atoms with E-state index in [0.29, 0.717) is 12.1 Å². The van der Waals surface area contributed by atoms with Crippen molar-refractivity contribution in [1.82, 2.24) is 20.1 Å². The molecule has 4 heteroatoms. The van der Waals surface area contributed by atoms with E-state index in [2.05, 4.69) is 36.2 Å². The molecule has 0 aliphatic heterocycles. The van der Waals surface area contributed by atoms with Crippen LogP contribution in [0.2, 0.25) is 0 Å². The molecular formula is C13H24N4. The summed E-state index contributed by atoms with van der Waals surface area (Å²) in [7, 11) is 0. The van der Waals surface area contributed by atoms with Crippen LogP contribution in [0.5, 0.6) is 0 Å². The van der Waals surface area contributed by atoms with E-state index >= 15 is 0 Å². The standard InChI is InChI=1S/C13H24N4/c1-10-4-5-13(6-11(10)2)16-12(3)7-17-9-14-8-15-17/h8-13,16H,4-7H2,1-3H3/t10-,11-,12-,13-/m1/s1. The molecule has 1 saturated carbocycles. The van der Waals surface area contributed by atoms with Crippen molar-refractivity contribution >= 4 is 0 Å². The molecule has 1 fully saturated rings. The third kappa shape index (κ3) is 3.53. The Morgan fingerprint density at radius 2 is 2.18 bits per heavy atom. The molecule has 0 radical (unpaired) electrons. The van der Waals surface area contributed by atoms with Gasteiger partial charge in [-0.3, -0.25) is 4.68 Å². The summed E-state index contributed by atoms with van der Waals surface area (Å²) in [5, 5.41) is 7.86. The summed E-state index contributed by atoms with van der Waals surface area (Å²) in [5.41, 5.74) is 0. The van der Waals surface area contributed by atoms with Crippen molar-refractivity contribution in [3.05, 3.63) is 12.7 Å². The molecule has 1 aliphatic carbocycles. The number of hydrogen-bond donors (Lipinski definition) is 1. The Labute approximate surface area is 104 Å². The zero-order valence-electron chi connectivity index (χ0n) is 11.1. The molecule has 0 aromatic carbocycles. The molecule has 0 amide bonds. The summed E-state index contributed by atoms with van der Waals surface area (Å²) in [4.78, 5) is 3.97. The van der Waals surface area contributed by atoms with Crippen molar-refractivity contribution < 1.29 is 0 Å². The molecule has 96 valence electrons. The van der Waals surface area contributed by atoms with Gasteiger partial charge in [0, 0.05) is 12.1 Å². The molecule has 17 heavy (non-hydrogen) atoms. The van der Waals surface area contributed by atoms with Crippen molar-refractivity contribution in [2.45, 2.75) is 58.7 Å². The molecule has 4 atom stereocenters. The van der Waals surface area contributed by atoms with Crippen LogP contribution in [0.15, 0.2) is 12.7 Å². The van der Waals surface area contributed by atoms with Crippen LogP contribution in [0, 0.1) is 11.8 Å². The monoisotopic (exact) mass is 236 g/mol. The summed E-state index contributed by atoms with van der Waals surface area (Å²) >= 11 is 0. The minimum Gasteiger partial charge on any atom is -0.310 e. The second-order valence-corrected chi connectivity index (χ2v) is 5.65. The fourth-order valence-electron chi connectivity index (χ4n) is 2.76. The highest BCUT2D eigenvalue weighted by molar-refractivity contribution is 4.81. The van der Waals surface area contributed by atoms with Gasteiger partial charge in [-0.15, -0.1) is 0 Å². The van der Waals surface area contributed by atoms with Crippen molar-refractivity contribution in [3.63, 3.8) is 0 Å². The Balaban J connectivity index is 1.77. The highest BCUT2D eigenvalue weighted by Crippen LogP contribution is 2.29. The SMILES string of the molecule is C[C@H](Cn1cncn1)N[C@@H]1CC[C@@H](C)[C@H](C)C1. The highest BCUT2D eigenvalue weighted by atomic mass is 15.3. The predicted molar refractivity (Wildman–Crippen MR) is 68.6 cm³/mol. The van der Waals surface area contributed by atoms with E-state index in [-0.39, 0.29) is 0 Å². The van der Waals surface area contributed by atoms with Gasteiger partial charge in [0.15, 0.2) is 0 Å². The normalized spacial score (nSPS) is 31.4. The third-order valence-corrected chi connectivity index (χ3v) is 4.05. The van der Waals surface area contributed by atoms with Gasteiger partial charge < -0.3 is 5.32 Å². The van der Waals surface area contributed by atoms with E-state index in [1.807, 2.05) is 4.68 Å². The lowest BCUT2D eigenvalue weighted by Gasteiger charge is -2.34. The lowest BCUT2D eigenvalue weighted by atomic mass is 9.79. The molecule has 1 N–H and O–H groups in total. The maximum atomic E-state index is 4.14. The largest absolute Gasteiger partial charge is 0.310 e. The minimum absolute atomic E-state index is 0.460. The van der Waals surface area contributed by atoms with Crippen molar-refractivity contribution in [3.8, 4) is 0 Å². The second-order valence-electron chi connectivity index (χ2n) is 5.65. The summed E-state index contributed by atoms with van der Waals surface area (Å²) in [6.45, 7) is 7.88. The summed E-state index contributed by atoms with van der Waals surface area (Å²) < 4.78 is 1.90. The molecule has 0 unspecified atom stereocenters. The van der Waals surface area contributed by atoms with Crippen LogP contribution >= 0.6 is 0 Å². The smallest absolute Gasteiger partial charge is 0.137 e. The fraction of sp³-hybridized carbons (Fsp3) is 0.846. The van der Waals surface area contributed by atoms with Crippen LogP contribution < -0.4 is 5.32 Å². The van der Waals surface area contributed by atoms with Crippen molar-refractivity contribution in [1.29, 1.82) is 0 Å². The van der Waals surface area contributed by atoms with Gasteiger partial charge in [-0.05, 0) is 38.0 Å². The summed E-state index contributed by atoms with van der Waals surface area (Å²) in [6.07, 6.45) is 7.35. The van der Waals surface area contributed by atoms with E-state index in [4.69, 9.17) is 0 Å². The first kappa shape index (κ1) is 12.6. The Morgan fingerprint density at radius 1 is 1.35 bits per heavy atom. The molecule has 4 nitrogen and oxygen atoms in total. The Kier molecular flexibility index (Phi) is 4.15. The maximum Gasteiger partial charge on any atom is 0.137 e.